The van der Waals surface area contributed by atoms with Crippen molar-refractivity contribution in [2.45, 2.75) is 29.7 Å². The lowest BCUT2D eigenvalue weighted by atomic mass is 9.77. The number of nitrogens with one attached hydrogen (secondary N) is 2. The van der Waals surface area contributed by atoms with Gasteiger partial charge in [-0.25, -0.2) is 12.8 Å². The monoisotopic (exact) mass is 413 g/mol. The summed E-state index contributed by atoms with van der Waals surface area (Å²) in [7, 11) is -3.97. The Morgan fingerprint density at radius 2 is 2.04 bits per heavy atom. The Kier molecular flexibility index (Phi) is 4.98. The van der Waals surface area contributed by atoms with Crippen LogP contribution in [0.25, 0.3) is 11.6 Å². The number of benzene rings is 1. The van der Waals surface area contributed by atoms with Crippen LogP contribution in [0.1, 0.15) is 25.1 Å². The van der Waals surface area contributed by atoms with E-state index in [4.69, 9.17) is 10.3 Å². The fourth-order valence-electron chi connectivity index (χ4n) is 2.72. The fourth-order valence-corrected chi connectivity index (χ4v) is 3.78. The average molecular weight is 414 g/mol. The molecule has 4 rings (SSSR count). The third-order valence-electron chi connectivity index (χ3n) is 4.43. The maximum absolute atomic E-state index is 13.7. The Morgan fingerprint density at radius 3 is 2.70 bits per heavy atom. The number of para-hydroxylation sites is 1. The molecule has 1 aliphatic rings. The molecular formula is C16H17ClFN5O3S. The normalized spacial score (nSPS) is 15.6. The van der Waals surface area contributed by atoms with Crippen molar-refractivity contribution in [2.24, 2.45) is 5.73 Å². The minimum Gasteiger partial charge on any atom is -0.356 e. The quantitative estimate of drug-likeness (QED) is 0.590. The molecule has 27 heavy (non-hydrogen) atoms. The lowest BCUT2D eigenvalue weighted by molar-refractivity contribution is 0.229. The number of anilines is 1. The summed E-state index contributed by atoms with van der Waals surface area (Å²) in [5.41, 5.74) is 5.78. The van der Waals surface area contributed by atoms with E-state index in [2.05, 4.69) is 19.8 Å². The van der Waals surface area contributed by atoms with Gasteiger partial charge in [-0.05, 0) is 37.5 Å². The summed E-state index contributed by atoms with van der Waals surface area (Å²) in [6.45, 7) is 0. The first-order chi connectivity index (χ1) is 12.4. The van der Waals surface area contributed by atoms with Crippen molar-refractivity contribution in [1.82, 2.24) is 15.1 Å². The molecule has 0 amide bonds. The van der Waals surface area contributed by atoms with E-state index in [1.165, 1.54) is 36.5 Å². The molecule has 0 unspecified atom stereocenters. The molecule has 0 aliphatic heterocycles. The second-order valence-electron chi connectivity index (χ2n) is 6.27. The zero-order valence-corrected chi connectivity index (χ0v) is 15.6. The van der Waals surface area contributed by atoms with Crippen LogP contribution in [0.4, 0.5) is 10.1 Å². The molecular weight excluding hydrogens is 397 g/mol. The van der Waals surface area contributed by atoms with E-state index < -0.39 is 21.4 Å². The van der Waals surface area contributed by atoms with E-state index in [0.29, 0.717) is 11.5 Å². The average Bonchev–Trinajstić information content (AvgIpc) is 3.24. The molecule has 0 bridgehead atoms. The molecule has 11 heteroatoms. The molecule has 144 valence electrons. The van der Waals surface area contributed by atoms with Gasteiger partial charge >= 0.3 is 0 Å². The Hall–Kier alpha value is -2.43. The highest BCUT2D eigenvalue weighted by Crippen LogP contribution is 2.37. The van der Waals surface area contributed by atoms with Crippen LogP contribution < -0.4 is 10.5 Å². The molecule has 4 N–H and O–H groups in total. The Bertz CT molecular complexity index is 1060. The van der Waals surface area contributed by atoms with Gasteiger partial charge in [-0.3, -0.25) is 4.72 Å². The van der Waals surface area contributed by atoms with Crippen molar-refractivity contribution in [3.8, 4) is 11.6 Å². The van der Waals surface area contributed by atoms with Crippen LogP contribution in [0.5, 0.6) is 0 Å². The molecule has 0 spiro atoms. The number of rotatable bonds is 5. The minimum absolute atomic E-state index is 0. The third-order valence-corrected chi connectivity index (χ3v) is 5.78. The maximum Gasteiger partial charge on any atom is 0.274 e. The molecule has 0 saturated heterocycles. The van der Waals surface area contributed by atoms with Crippen LogP contribution in [0.2, 0.25) is 0 Å². The van der Waals surface area contributed by atoms with E-state index in [1.54, 1.807) is 0 Å². The highest BCUT2D eigenvalue weighted by molar-refractivity contribution is 7.92. The predicted molar refractivity (Wildman–Crippen MR) is 98.3 cm³/mol. The van der Waals surface area contributed by atoms with E-state index in [-0.39, 0.29) is 28.9 Å². The van der Waals surface area contributed by atoms with Gasteiger partial charge < -0.3 is 15.2 Å². The second kappa shape index (κ2) is 6.95. The number of nitrogens with two attached hydrogens (primary N) is 1. The predicted octanol–water partition coefficient (Wildman–Crippen LogP) is 2.76. The molecule has 0 atom stereocenters. The minimum atomic E-state index is -3.97. The SMILES string of the molecule is Cl.NC1(c2noc(-c3cc(S(=O)(=O)Nc4ccccc4F)c[nH]3)n2)CCC1. The van der Waals surface area contributed by atoms with Gasteiger partial charge in [0, 0.05) is 6.20 Å². The first-order valence-electron chi connectivity index (χ1n) is 7.97. The molecule has 1 aromatic carbocycles. The van der Waals surface area contributed by atoms with E-state index >= 15 is 0 Å². The van der Waals surface area contributed by atoms with Gasteiger partial charge in [-0.2, -0.15) is 4.98 Å². The zero-order chi connectivity index (χ0) is 18.4. The molecule has 1 fully saturated rings. The summed E-state index contributed by atoms with van der Waals surface area (Å²) in [6, 6.07) is 6.85. The second-order valence-corrected chi connectivity index (χ2v) is 7.95. The number of H-pyrrole nitrogens is 1. The maximum atomic E-state index is 13.7. The van der Waals surface area contributed by atoms with Gasteiger partial charge in [0.05, 0.1) is 11.2 Å². The summed E-state index contributed by atoms with van der Waals surface area (Å²) in [6.07, 6.45) is 3.84. The standard InChI is InChI=1S/C16H16FN5O3S.ClH/c17-11-4-1-2-5-12(11)22-26(23,24)10-8-13(19-9-10)14-20-15(21-25-14)16(18)6-3-7-16;/h1-2,4-5,8-9,19,22H,3,6-7,18H2;1H. The highest BCUT2D eigenvalue weighted by atomic mass is 35.5. The molecule has 8 nitrogen and oxygen atoms in total. The molecule has 1 saturated carbocycles. The smallest absolute Gasteiger partial charge is 0.274 e. The third kappa shape index (κ3) is 3.55. The summed E-state index contributed by atoms with van der Waals surface area (Å²) >= 11 is 0. The van der Waals surface area contributed by atoms with E-state index in [0.717, 1.165) is 19.3 Å². The largest absolute Gasteiger partial charge is 0.356 e. The fraction of sp³-hybridized carbons (Fsp3) is 0.250. The first kappa shape index (κ1) is 19.3. The summed E-state index contributed by atoms with van der Waals surface area (Å²) in [5, 5.41) is 3.89. The number of halogens is 2. The van der Waals surface area contributed by atoms with E-state index in [1.807, 2.05) is 0 Å². The number of nitrogens with zero attached hydrogens (tertiary/aromatic N) is 2. The lowest BCUT2D eigenvalue weighted by Crippen LogP contribution is -2.44. The van der Waals surface area contributed by atoms with Crippen LogP contribution in [-0.2, 0) is 15.6 Å². The summed E-state index contributed by atoms with van der Waals surface area (Å²) < 4.78 is 45.9. The van der Waals surface area contributed by atoms with Crippen LogP contribution >= 0.6 is 12.4 Å². The molecule has 0 radical (unpaired) electrons. The van der Waals surface area contributed by atoms with Gasteiger partial charge in [0.1, 0.15) is 16.4 Å². The van der Waals surface area contributed by atoms with Gasteiger partial charge in [0.15, 0.2) is 5.82 Å². The molecule has 3 aromatic rings. The summed E-state index contributed by atoms with van der Waals surface area (Å²) in [4.78, 5) is 6.96. The Morgan fingerprint density at radius 1 is 1.30 bits per heavy atom. The van der Waals surface area contributed by atoms with Crippen molar-refractivity contribution < 1.29 is 17.3 Å². The van der Waals surface area contributed by atoms with Crippen LogP contribution in [0, 0.1) is 5.82 Å². The zero-order valence-electron chi connectivity index (χ0n) is 14.0. The van der Waals surface area contributed by atoms with Gasteiger partial charge in [0.2, 0.25) is 0 Å². The number of hydrogen-bond donors (Lipinski definition) is 3. The number of aromatic nitrogens is 3. The van der Waals surface area contributed by atoms with Crippen LogP contribution in [-0.4, -0.2) is 23.5 Å². The number of hydrogen-bond acceptors (Lipinski definition) is 6. The highest BCUT2D eigenvalue weighted by Gasteiger charge is 2.39. The van der Waals surface area contributed by atoms with Crippen molar-refractivity contribution in [1.29, 1.82) is 0 Å². The molecule has 2 aromatic heterocycles. The Balaban J connectivity index is 0.00000210. The van der Waals surface area contributed by atoms with Gasteiger partial charge in [-0.1, -0.05) is 17.3 Å². The number of aromatic amines is 1. The van der Waals surface area contributed by atoms with Crippen molar-refractivity contribution in [3.63, 3.8) is 0 Å². The molecule has 2 heterocycles. The first-order valence-corrected chi connectivity index (χ1v) is 9.45. The van der Waals surface area contributed by atoms with Gasteiger partial charge in [-0.15, -0.1) is 12.4 Å². The Labute approximate surface area is 160 Å². The van der Waals surface area contributed by atoms with Gasteiger partial charge in [0.25, 0.3) is 15.9 Å². The van der Waals surface area contributed by atoms with Crippen LogP contribution in [0.3, 0.4) is 0 Å². The lowest BCUT2D eigenvalue weighted by Gasteiger charge is -2.34. The van der Waals surface area contributed by atoms with Crippen molar-refractivity contribution in [2.75, 3.05) is 4.72 Å². The molecule has 1 aliphatic carbocycles. The van der Waals surface area contributed by atoms with Crippen molar-refractivity contribution >= 4 is 28.1 Å². The van der Waals surface area contributed by atoms with Crippen LogP contribution in [0.15, 0.2) is 45.9 Å². The number of sulfonamides is 1. The summed E-state index contributed by atoms with van der Waals surface area (Å²) in [5.74, 6) is -0.117. The van der Waals surface area contributed by atoms with E-state index in [9.17, 15) is 12.8 Å². The topological polar surface area (TPSA) is 127 Å². The van der Waals surface area contributed by atoms with Crippen molar-refractivity contribution in [3.05, 3.63) is 48.2 Å².